The summed E-state index contributed by atoms with van der Waals surface area (Å²) in [5, 5.41) is 0.786. The Kier molecular flexibility index (Phi) is 7.22. The van der Waals surface area contributed by atoms with Crippen LogP contribution in [0.2, 0.25) is 0 Å². The van der Waals surface area contributed by atoms with Crippen LogP contribution < -0.4 is 10.5 Å². The zero-order valence-corrected chi connectivity index (χ0v) is 12.3. The minimum atomic E-state index is -0.658. The summed E-state index contributed by atoms with van der Waals surface area (Å²) >= 11 is 3.29. The Labute approximate surface area is 121 Å². The van der Waals surface area contributed by atoms with Gasteiger partial charge in [-0.25, -0.2) is 0 Å². The van der Waals surface area contributed by atoms with Crippen LogP contribution in [0.25, 0.3) is 0 Å². The lowest BCUT2D eigenvalue weighted by molar-refractivity contribution is -0.143. The van der Waals surface area contributed by atoms with Crippen molar-refractivity contribution in [2.24, 2.45) is 5.73 Å². The number of carbonyl (C=O) groups excluding carboxylic acids is 1. The number of benzene rings is 1. The molecule has 0 bridgehead atoms. The van der Waals surface area contributed by atoms with Crippen molar-refractivity contribution in [3.05, 3.63) is 42.5 Å². The lowest BCUT2D eigenvalue weighted by atomic mass is 10.1. The van der Waals surface area contributed by atoms with Crippen molar-refractivity contribution < 1.29 is 14.3 Å². The van der Waals surface area contributed by atoms with Gasteiger partial charge in [0.2, 0.25) is 0 Å². The number of halogens is 1. The molecule has 0 amide bonds. The second-order valence-corrected chi connectivity index (χ2v) is 4.70. The van der Waals surface area contributed by atoms with E-state index in [9.17, 15) is 4.79 Å². The van der Waals surface area contributed by atoms with Gasteiger partial charge in [0.15, 0.2) is 0 Å². The molecule has 0 saturated heterocycles. The summed E-state index contributed by atoms with van der Waals surface area (Å²) in [5.74, 6) is 0.380. The lowest BCUT2D eigenvalue weighted by Crippen LogP contribution is -2.34. The number of nitrogens with two attached hydrogens (primary N) is 1. The van der Waals surface area contributed by atoms with Gasteiger partial charge in [-0.3, -0.25) is 4.79 Å². The highest BCUT2D eigenvalue weighted by atomic mass is 79.9. The first-order valence-corrected chi connectivity index (χ1v) is 7.10. The van der Waals surface area contributed by atoms with Crippen LogP contribution in [0.1, 0.15) is 5.56 Å². The van der Waals surface area contributed by atoms with E-state index < -0.39 is 12.0 Å². The smallest absolute Gasteiger partial charge is 0.323 e. The molecule has 1 unspecified atom stereocenters. The monoisotopic (exact) mass is 327 g/mol. The largest absolute Gasteiger partial charge is 0.493 e. The third kappa shape index (κ3) is 5.89. The standard InChI is InChI=1S/C14H18BrNO3/c1-2-8-19-14(17)13(16)10-11-3-5-12(6-4-11)18-9-7-15/h2-6,13H,1,7-10,16H2. The highest BCUT2D eigenvalue weighted by molar-refractivity contribution is 9.09. The van der Waals surface area contributed by atoms with Gasteiger partial charge in [-0.05, 0) is 24.1 Å². The Bertz CT molecular complexity index is 406. The maximum atomic E-state index is 11.5. The van der Waals surface area contributed by atoms with Crippen molar-refractivity contribution >= 4 is 21.9 Å². The molecule has 1 aromatic carbocycles. The van der Waals surface area contributed by atoms with E-state index in [2.05, 4.69) is 22.5 Å². The van der Waals surface area contributed by atoms with E-state index in [4.69, 9.17) is 15.2 Å². The average Bonchev–Trinajstić information content (AvgIpc) is 2.43. The van der Waals surface area contributed by atoms with Gasteiger partial charge >= 0.3 is 5.97 Å². The van der Waals surface area contributed by atoms with E-state index in [0.29, 0.717) is 13.0 Å². The summed E-state index contributed by atoms with van der Waals surface area (Å²) < 4.78 is 10.3. The highest BCUT2D eigenvalue weighted by Gasteiger charge is 2.15. The molecule has 104 valence electrons. The number of esters is 1. The Morgan fingerprint density at radius 3 is 2.68 bits per heavy atom. The van der Waals surface area contributed by atoms with Crippen LogP contribution in [0.5, 0.6) is 5.75 Å². The first kappa shape index (κ1) is 15.7. The molecule has 0 saturated carbocycles. The Morgan fingerprint density at radius 1 is 1.42 bits per heavy atom. The van der Waals surface area contributed by atoms with Gasteiger partial charge in [-0.1, -0.05) is 40.7 Å². The van der Waals surface area contributed by atoms with Crippen molar-refractivity contribution in [2.45, 2.75) is 12.5 Å². The van der Waals surface area contributed by atoms with E-state index in [-0.39, 0.29) is 6.61 Å². The van der Waals surface area contributed by atoms with Gasteiger partial charge in [0.05, 0.1) is 6.61 Å². The van der Waals surface area contributed by atoms with Crippen LogP contribution in [0, 0.1) is 0 Å². The van der Waals surface area contributed by atoms with Crippen molar-refractivity contribution in [1.82, 2.24) is 0 Å². The van der Waals surface area contributed by atoms with E-state index in [0.717, 1.165) is 16.6 Å². The third-order valence-corrected chi connectivity index (χ3v) is 2.69. The van der Waals surface area contributed by atoms with Gasteiger partial charge in [-0.2, -0.15) is 0 Å². The molecule has 0 aliphatic rings. The summed E-state index contributed by atoms with van der Waals surface area (Å²) in [7, 11) is 0. The number of rotatable bonds is 8. The molecule has 0 radical (unpaired) electrons. The molecule has 1 rings (SSSR count). The Hall–Kier alpha value is -1.33. The van der Waals surface area contributed by atoms with Gasteiger partial charge in [0.25, 0.3) is 0 Å². The summed E-state index contributed by atoms with van der Waals surface area (Å²) in [5.41, 5.74) is 6.73. The number of alkyl halides is 1. The molecule has 0 heterocycles. The topological polar surface area (TPSA) is 61.5 Å². The molecule has 2 N–H and O–H groups in total. The van der Waals surface area contributed by atoms with Crippen LogP contribution in [-0.4, -0.2) is 30.6 Å². The normalized spacial score (nSPS) is 11.7. The van der Waals surface area contributed by atoms with Crippen molar-refractivity contribution in [3.63, 3.8) is 0 Å². The van der Waals surface area contributed by atoms with Crippen LogP contribution >= 0.6 is 15.9 Å². The van der Waals surface area contributed by atoms with Crippen LogP contribution in [0.4, 0.5) is 0 Å². The fourth-order valence-corrected chi connectivity index (χ4v) is 1.63. The predicted octanol–water partition coefficient (Wildman–Crippen LogP) is 2.06. The molecule has 19 heavy (non-hydrogen) atoms. The fourth-order valence-electron chi connectivity index (χ4n) is 1.46. The second-order valence-electron chi connectivity index (χ2n) is 3.91. The number of hydrogen-bond acceptors (Lipinski definition) is 4. The second kappa shape index (κ2) is 8.72. The zero-order chi connectivity index (χ0) is 14.1. The van der Waals surface area contributed by atoms with E-state index in [1.807, 2.05) is 24.3 Å². The SMILES string of the molecule is C=CCOC(=O)C(N)Cc1ccc(OCCBr)cc1. The molecule has 0 aliphatic carbocycles. The fraction of sp³-hybridized carbons (Fsp3) is 0.357. The van der Waals surface area contributed by atoms with Gasteiger partial charge in [-0.15, -0.1) is 0 Å². The van der Waals surface area contributed by atoms with E-state index >= 15 is 0 Å². The third-order valence-electron chi connectivity index (χ3n) is 2.37. The first-order chi connectivity index (χ1) is 9.17. The van der Waals surface area contributed by atoms with Crippen molar-refractivity contribution in [3.8, 4) is 5.75 Å². The van der Waals surface area contributed by atoms with Gasteiger partial charge in [0.1, 0.15) is 18.4 Å². The Balaban J connectivity index is 2.47. The van der Waals surface area contributed by atoms with E-state index in [1.165, 1.54) is 6.08 Å². The minimum absolute atomic E-state index is 0.186. The maximum Gasteiger partial charge on any atom is 0.323 e. The lowest BCUT2D eigenvalue weighted by Gasteiger charge is -2.11. The molecule has 0 spiro atoms. The molecule has 1 aromatic rings. The van der Waals surface area contributed by atoms with Crippen LogP contribution in [-0.2, 0) is 16.0 Å². The zero-order valence-electron chi connectivity index (χ0n) is 10.7. The van der Waals surface area contributed by atoms with Crippen molar-refractivity contribution in [1.29, 1.82) is 0 Å². The van der Waals surface area contributed by atoms with Crippen molar-refractivity contribution in [2.75, 3.05) is 18.5 Å². The predicted molar refractivity (Wildman–Crippen MR) is 78.6 cm³/mol. The molecule has 0 aliphatic heterocycles. The molecular formula is C14H18BrNO3. The molecule has 5 heteroatoms. The maximum absolute atomic E-state index is 11.5. The summed E-state index contributed by atoms with van der Waals surface area (Å²) in [4.78, 5) is 11.5. The first-order valence-electron chi connectivity index (χ1n) is 5.98. The molecule has 0 aromatic heterocycles. The molecule has 4 nitrogen and oxygen atoms in total. The van der Waals surface area contributed by atoms with E-state index in [1.54, 1.807) is 0 Å². The van der Waals surface area contributed by atoms with Crippen LogP contribution in [0.3, 0.4) is 0 Å². The molecule has 1 atom stereocenters. The minimum Gasteiger partial charge on any atom is -0.493 e. The van der Waals surface area contributed by atoms with Crippen LogP contribution in [0.15, 0.2) is 36.9 Å². The quantitative estimate of drug-likeness (QED) is 0.451. The molecule has 0 fully saturated rings. The number of carbonyl (C=O) groups is 1. The Morgan fingerprint density at radius 2 is 2.11 bits per heavy atom. The summed E-state index contributed by atoms with van der Waals surface area (Å²) in [6, 6.07) is 6.85. The summed E-state index contributed by atoms with van der Waals surface area (Å²) in [6.45, 7) is 4.28. The highest BCUT2D eigenvalue weighted by Crippen LogP contribution is 2.13. The van der Waals surface area contributed by atoms with Gasteiger partial charge < -0.3 is 15.2 Å². The number of hydrogen-bond donors (Lipinski definition) is 1. The summed E-state index contributed by atoms with van der Waals surface area (Å²) in [6.07, 6.45) is 1.95. The average molecular weight is 328 g/mol. The number of ether oxygens (including phenoxy) is 2. The molecular weight excluding hydrogens is 310 g/mol. The van der Waals surface area contributed by atoms with Gasteiger partial charge in [0, 0.05) is 5.33 Å².